The lowest BCUT2D eigenvalue weighted by Gasteiger charge is -2.14. The van der Waals surface area contributed by atoms with Crippen LogP contribution in [-0.2, 0) is 11.2 Å². The van der Waals surface area contributed by atoms with Gasteiger partial charge in [-0.05, 0) is 58.6 Å². The van der Waals surface area contributed by atoms with Crippen molar-refractivity contribution < 1.29 is 9.90 Å². The molecule has 4 heteroatoms. The predicted molar refractivity (Wildman–Crippen MR) is 72.4 cm³/mol. The van der Waals surface area contributed by atoms with Gasteiger partial charge in [0.2, 0.25) is 0 Å². The fraction of sp³-hybridized carbons (Fsp3) is 0.308. The van der Waals surface area contributed by atoms with Gasteiger partial charge in [0.05, 0.1) is 5.69 Å². The minimum atomic E-state index is -0.876. The van der Waals surface area contributed by atoms with Gasteiger partial charge in [0.15, 0.2) is 0 Å². The van der Waals surface area contributed by atoms with Crippen molar-refractivity contribution in [1.82, 2.24) is 0 Å². The Bertz CT molecular complexity index is 508. The SMILES string of the molecule is CC(=Cc1cc(Br)c2c(c1)CCN2C)C(=O)O. The molecule has 1 heterocycles. The first-order chi connectivity index (χ1) is 7.99. The van der Waals surface area contributed by atoms with E-state index in [1.165, 1.54) is 11.3 Å². The molecule has 17 heavy (non-hydrogen) atoms. The smallest absolute Gasteiger partial charge is 0.331 e. The van der Waals surface area contributed by atoms with E-state index in [2.05, 4.69) is 33.9 Å². The van der Waals surface area contributed by atoms with Crippen molar-refractivity contribution in [2.45, 2.75) is 13.3 Å². The second-order valence-corrected chi connectivity index (χ2v) is 5.17. The Morgan fingerprint density at radius 1 is 1.53 bits per heavy atom. The van der Waals surface area contributed by atoms with Crippen molar-refractivity contribution in [1.29, 1.82) is 0 Å². The maximum absolute atomic E-state index is 10.8. The molecule has 0 aromatic heterocycles. The van der Waals surface area contributed by atoms with Crippen molar-refractivity contribution >= 4 is 33.7 Å². The number of hydrogen-bond acceptors (Lipinski definition) is 2. The predicted octanol–water partition coefficient (Wildman–Crippen LogP) is 2.93. The van der Waals surface area contributed by atoms with Gasteiger partial charge >= 0.3 is 5.97 Å². The monoisotopic (exact) mass is 295 g/mol. The summed E-state index contributed by atoms with van der Waals surface area (Å²) in [5.41, 5.74) is 3.77. The van der Waals surface area contributed by atoms with Crippen LogP contribution in [0.25, 0.3) is 6.08 Å². The van der Waals surface area contributed by atoms with Crippen LogP contribution < -0.4 is 4.90 Å². The quantitative estimate of drug-likeness (QED) is 0.853. The van der Waals surface area contributed by atoms with Gasteiger partial charge in [-0.1, -0.05) is 0 Å². The largest absolute Gasteiger partial charge is 0.478 e. The van der Waals surface area contributed by atoms with Crippen molar-refractivity contribution in [2.75, 3.05) is 18.5 Å². The number of halogens is 1. The number of carbonyl (C=O) groups is 1. The summed E-state index contributed by atoms with van der Waals surface area (Å²) in [7, 11) is 2.06. The molecule has 0 fully saturated rings. The van der Waals surface area contributed by atoms with Crippen LogP contribution in [-0.4, -0.2) is 24.7 Å². The zero-order valence-corrected chi connectivity index (χ0v) is 11.4. The maximum atomic E-state index is 10.8. The first kappa shape index (κ1) is 12.2. The molecule has 1 aliphatic heterocycles. The lowest BCUT2D eigenvalue weighted by atomic mass is 10.1. The first-order valence-electron chi connectivity index (χ1n) is 5.44. The van der Waals surface area contributed by atoms with Gasteiger partial charge in [0, 0.05) is 23.6 Å². The van der Waals surface area contributed by atoms with E-state index < -0.39 is 5.97 Å². The van der Waals surface area contributed by atoms with Gasteiger partial charge in [-0.15, -0.1) is 0 Å². The molecule has 2 rings (SSSR count). The number of hydrogen-bond donors (Lipinski definition) is 1. The minimum absolute atomic E-state index is 0.350. The molecule has 0 aliphatic carbocycles. The van der Waals surface area contributed by atoms with E-state index in [1.807, 2.05) is 6.07 Å². The molecular weight excluding hydrogens is 282 g/mol. The second-order valence-electron chi connectivity index (χ2n) is 4.31. The van der Waals surface area contributed by atoms with Gasteiger partial charge in [-0.3, -0.25) is 0 Å². The Hall–Kier alpha value is -1.29. The van der Waals surface area contributed by atoms with Crippen LogP contribution >= 0.6 is 15.9 Å². The zero-order chi connectivity index (χ0) is 12.6. The third kappa shape index (κ3) is 2.36. The lowest BCUT2D eigenvalue weighted by molar-refractivity contribution is -0.132. The third-order valence-corrected chi connectivity index (χ3v) is 3.59. The Labute approximate surface area is 109 Å². The Balaban J connectivity index is 2.44. The molecule has 1 N–H and O–H groups in total. The zero-order valence-electron chi connectivity index (χ0n) is 9.83. The number of fused-ring (bicyclic) bond motifs is 1. The van der Waals surface area contributed by atoms with Crippen molar-refractivity contribution in [3.05, 3.63) is 33.3 Å². The number of aliphatic carboxylic acids is 1. The fourth-order valence-corrected chi connectivity index (χ4v) is 2.91. The summed E-state index contributed by atoms with van der Waals surface area (Å²) in [6, 6.07) is 4.03. The topological polar surface area (TPSA) is 40.5 Å². The standard InChI is InChI=1S/C13H14BrNO2/c1-8(13(16)17)5-9-6-10-3-4-15(2)12(10)11(14)7-9/h5-7H,3-4H2,1-2H3,(H,16,17). The molecule has 0 amide bonds. The maximum Gasteiger partial charge on any atom is 0.331 e. The highest BCUT2D eigenvalue weighted by Crippen LogP contribution is 2.36. The summed E-state index contributed by atoms with van der Waals surface area (Å²) in [6.45, 7) is 2.62. The summed E-state index contributed by atoms with van der Waals surface area (Å²) < 4.78 is 1.03. The molecule has 1 aliphatic rings. The normalized spacial score (nSPS) is 15.0. The Morgan fingerprint density at radius 3 is 2.88 bits per heavy atom. The highest BCUT2D eigenvalue weighted by Gasteiger charge is 2.19. The molecule has 0 radical (unpaired) electrons. The van der Waals surface area contributed by atoms with E-state index in [4.69, 9.17) is 5.11 Å². The van der Waals surface area contributed by atoms with Gasteiger partial charge in [0.1, 0.15) is 0 Å². The second kappa shape index (κ2) is 4.53. The number of nitrogens with zero attached hydrogens (tertiary/aromatic N) is 1. The van der Waals surface area contributed by atoms with Gasteiger partial charge in [-0.2, -0.15) is 0 Å². The number of anilines is 1. The first-order valence-corrected chi connectivity index (χ1v) is 6.23. The fourth-order valence-electron chi connectivity index (χ4n) is 2.09. The molecule has 1 aromatic carbocycles. The summed E-state index contributed by atoms with van der Waals surface area (Å²) in [4.78, 5) is 13.0. The number of likely N-dealkylation sites (N-methyl/N-ethyl adjacent to an activating group) is 1. The van der Waals surface area contributed by atoms with Crippen LogP contribution in [0.2, 0.25) is 0 Å². The summed E-state index contributed by atoms with van der Waals surface area (Å²) in [5, 5.41) is 8.86. The van der Waals surface area contributed by atoms with E-state index in [-0.39, 0.29) is 0 Å². The van der Waals surface area contributed by atoms with Crippen LogP contribution in [0.5, 0.6) is 0 Å². The number of carboxylic acid groups (broad SMARTS) is 1. The molecule has 0 saturated heterocycles. The van der Waals surface area contributed by atoms with E-state index in [1.54, 1.807) is 13.0 Å². The Kier molecular flexibility index (Phi) is 3.24. The van der Waals surface area contributed by atoms with Crippen molar-refractivity contribution in [2.24, 2.45) is 0 Å². The van der Waals surface area contributed by atoms with Crippen molar-refractivity contribution in [3.8, 4) is 0 Å². The van der Waals surface area contributed by atoms with Crippen LogP contribution in [0.3, 0.4) is 0 Å². The number of rotatable bonds is 2. The number of benzene rings is 1. The van der Waals surface area contributed by atoms with Crippen LogP contribution in [0, 0.1) is 0 Å². The highest BCUT2D eigenvalue weighted by molar-refractivity contribution is 9.10. The average Bonchev–Trinajstić information content (AvgIpc) is 2.60. The van der Waals surface area contributed by atoms with E-state index in [0.29, 0.717) is 5.57 Å². The van der Waals surface area contributed by atoms with Crippen LogP contribution in [0.4, 0.5) is 5.69 Å². The van der Waals surface area contributed by atoms with Gasteiger partial charge in [-0.25, -0.2) is 4.79 Å². The average molecular weight is 296 g/mol. The summed E-state index contributed by atoms with van der Waals surface area (Å²) >= 11 is 3.55. The molecule has 0 saturated carbocycles. The molecule has 0 atom stereocenters. The molecule has 0 unspecified atom stereocenters. The van der Waals surface area contributed by atoms with Crippen molar-refractivity contribution in [3.63, 3.8) is 0 Å². The highest BCUT2D eigenvalue weighted by atomic mass is 79.9. The van der Waals surface area contributed by atoms with E-state index in [0.717, 1.165) is 23.0 Å². The molecule has 0 bridgehead atoms. The van der Waals surface area contributed by atoms with Crippen LogP contribution in [0.1, 0.15) is 18.1 Å². The van der Waals surface area contributed by atoms with E-state index in [9.17, 15) is 4.79 Å². The van der Waals surface area contributed by atoms with Gasteiger partial charge < -0.3 is 10.0 Å². The summed E-state index contributed by atoms with van der Waals surface area (Å²) in [6.07, 6.45) is 2.71. The molecule has 90 valence electrons. The minimum Gasteiger partial charge on any atom is -0.478 e. The molecule has 0 spiro atoms. The summed E-state index contributed by atoms with van der Waals surface area (Å²) in [5.74, 6) is -0.876. The third-order valence-electron chi connectivity index (χ3n) is 2.98. The Morgan fingerprint density at radius 2 is 2.24 bits per heavy atom. The molecule has 3 nitrogen and oxygen atoms in total. The molecule has 1 aromatic rings. The lowest BCUT2D eigenvalue weighted by Crippen LogP contribution is -2.12. The number of carboxylic acids is 1. The molecular formula is C13H14BrNO2. The van der Waals surface area contributed by atoms with Crippen LogP contribution in [0.15, 0.2) is 22.2 Å². The van der Waals surface area contributed by atoms with Gasteiger partial charge in [0.25, 0.3) is 0 Å². The van der Waals surface area contributed by atoms with E-state index >= 15 is 0 Å².